The highest BCUT2D eigenvalue weighted by molar-refractivity contribution is 7.93. The second-order valence-corrected chi connectivity index (χ2v) is 8.33. The van der Waals surface area contributed by atoms with Gasteiger partial charge in [-0.25, -0.2) is 31.0 Å². The van der Waals surface area contributed by atoms with Crippen molar-refractivity contribution >= 4 is 21.4 Å². The first-order valence-electron chi connectivity index (χ1n) is 7.13. The summed E-state index contributed by atoms with van der Waals surface area (Å²) in [6.45, 7) is 2.65. The molecule has 0 aliphatic carbocycles. The molecule has 0 bridgehead atoms. The normalized spacial score (nSPS) is 11.8. The number of benzene rings is 2. The summed E-state index contributed by atoms with van der Waals surface area (Å²) in [5.41, 5.74) is -1.14. The maximum absolute atomic E-state index is 14.1. The Morgan fingerprint density at radius 3 is 1.96 bits per heavy atom. The highest BCUT2D eigenvalue weighted by atomic mass is 32.2. The summed E-state index contributed by atoms with van der Waals surface area (Å²) in [6.07, 6.45) is 0. The molecule has 0 N–H and O–H groups in total. The van der Waals surface area contributed by atoms with Crippen molar-refractivity contribution in [2.24, 2.45) is 0 Å². The van der Waals surface area contributed by atoms with E-state index in [1.807, 2.05) is 0 Å². The monoisotopic (exact) mass is 402 g/mol. The minimum atomic E-state index is -4.08. The molecule has 0 saturated carbocycles. The van der Waals surface area contributed by atoms with Gasteiger partial charge in [-0.15, -0.1) is 0 Å². The molecule has 3 rings (SSSR count). The molecule has 0 amide bonds. The molecule has 26 heavy (non-hydrogen) atoms. The van der Waals surface area contributed by atoms with Gasteiger partial charge in [-0.2, -0.15) is 4.37 Å². The lowest BCUT2D eigenvalue weighted by Gasteiger charge is -2.06. The Morgan fingerprint density at radius 1 is 0.885 bits per heavy atom. The van der Waals surface area contributed by atoms with Crippen LogP contribution in [0.25, 0.3) is 11.4 Å². The predicted molar refractivity (Wildman–Crippen MR) is 86.5 cm³/mol. The average molecular weight is 402 g/mol. The van der Waals surface area contributed by atoms with Crippen molar-refractivity contribution in [3.8, 4) is 11.4 Å². The van der Waals surface area contributed by atoms with Crippen LogP contribution in [0.2, 0.25) is 0 Å². The van der Waals surface area contributed by atoms with Gasteiger partial charge in [0.15, 0.2) is 29.1 Å². The molecule has 136 valence electrons. The third kappa shape index (κ3) is 2.88. The standard InChI is InChI=1S/C16H10F4N2O2S2/c1-7-3-5-9(6-4-7)26(23,24)16-21-15(22-25-16)10-13(19)11(17)8(2)12(18)14(10)20/h3-6H,1-2H3. The molecule has 3 aromatic rings. The maximum Gasteiger partial charge on any atom is 0.235 e. The van der Waals surface area contributed by atoms with Gasteiger partial charge in [-0.05, 0) is 37.5 Å². The van der Waals surface area contributed by atoms with E-state index in [9.17, 15) is 26.0 Å². The number of hydrogen-bond donors (Lipinski definition) is 0. The fraction of sp³-hybridized carbons (Fsp3) is 0.125. The molecule has 0 radical (unpaired) electrons. The number of aryl methyl sites for hydroxylation is 1. The van der Waals surface area contributed by atoms with Crippen LogP contribution < -0.4 is 0 Å². The second-order valence-electron chi connectivity index (χ2n) is 5.46. The first kappa shape index (κ1) is 18.5. The Bertz CT molecular complexity index is 1080. The van der Waals surface area contributed by atoms with Crippen LogP contribution >= 0.6 is 11.5 Å². The van der Waals surface area contributed by atoms with Gasteiger partial charge >= 0.3 is 0 Å². The van der Waals surface area contributed by atoms with Gasteiger partial charge in [0.05, 0.1) is 10.5 Å². The van der Waals surface area contributed by atoms with E-state index in [0.29, 0.717) is 11.5 Å². The predicted octanol–water partition coefficient (Wildman–Crippen LogP) is 4.21. The Kier molecular flexibility index (Phi) is 4.57. The number of rotatable bonds is 3. The molecule has 4 nitrogen and oxygen atoms in total. The lowest BCUT2D eigenvalue weighted by molar-refractivity contribution is 0.448. The van der Waals surface area contributed by atoms with Gasteiger partial charge in [0, 0.05) is 5.56 Å². The molecule has 10 heteroatoms. The van der Waals surface area contributed by atoms with Gasteiger partial charge in [0.2, 0.25) is 14.2 Å². The summed E-state index contributed by atoms with van der Waals surface area (Å²) in [5.74, 6) is -7.28. The van der Waals surface area contributed by atoms with Gasteiger partial charge in [-0.1, -0.05) is 17.7 Å². The molecule has 1 aromatic heterocycles. The zero-order valence-corrected chi connectivity index (χ0v) is 15.0. The Labute approximate surface area is 150 Å². The lowest BCUT2D eigenvalue weighted by Crippen LogP contribution is -2.05. The van der Waals surface area contributed by atoms with Gasteiger partial charge in [0.25, 0.3) is 0 Å². The Morgan fingerprint density at radius 2 is 1.42 bits per heavy atom. The molecular formula is C16H10F4N2O2S2. The molecular weight excluding hydrogens is 392 g/mol. The van der Waals surface area contributed by atoms with Crippen LogP contribution in [0.15, 0.2) is 33.5 Å². The smallest absolute Gasteiger partial charge is 0.216 e. The summed E-state index contributed by atoms with van der Waals surface area (Å²) in [6, 6.07) is 5.83. The van der Waals surface area contributed by atoms with Crippen molar-refractivity contribution < 1.29 is 26.0 Å². The largest absolute Gasteiger partial charge is 0.235 e. The third-order valence-corrected chi connectivity index (χ3v) is 6.51. The number of nitrogens with zero attached hydrogens (tertiary/aromatic N) is 2. The fourth-order valence-electron chi connectivity index (χ4n) is 2.18. The van der Waals surface area contributed by atoms with E-state index in [1.165, 1.54) is 12.1 Å². The summed E-state index contributed by atoms with van der Waals surface area (Å²) >= 11 is 0.356. The van der Waals surface area contributed by atoms with Crippen LogP contribution in [0.5, 0.6) is 0 Å². The van der Waals surface area contributed by atoms with E-state index < -0.39 is 54.4 Å². The highest BCUT2D eigenvalue weighted by Crippen LogP contribution is 2.32. The highest BCUT2D eigenvalue weighted by Gasteiger charge is 2.29. The zero-order chi connectivity index (χ0) is 19.2. The third-order valence-electron chi connectivity index (χ3n) is 3.68. The minimum absolute atomic E-state index is 0.0898. The second kappa shape index (κ2) is 6.44. The van der Waals surface area contributed by atoms with Crippen molar-refractivity contribution in [1.82, 2.24) is 9.36 Å². The van der Waals surface area contributed by atoms with E-state index in [0.717, 1.165) is 12.5 Å². The number of aromatic nitrogens is 2. The van der Waals surface area contributed by atoms with Crippen LogP contribution in [-0.2, 0) is 9.84 Å². The van der Waals surface area contributed by atoms with E-state index in [4.69, 9.17) is 0 Å². The molecule has 0 aliphatic rings. The van der Waals surface area contributed by atoms with Gasteiger partial charge < -0.3 is 0 Å². The van der Waals surface area contributed by atoms with Crippen LogP contribution in [0.4, 0.5) is 17.6 Å². The molecule has 2 aromatic carbocycles. The Balaban J connectivity index is 2.14. The maximum atomic E-state index is 14.1. The molecule has 0 saturated heterocycles. The minimum Gasteiger partial charge on any atom is -0.216 e. The van der Waals surface area contributed by atoms with Gasteiger partial charge in [0.1, 0.15) is 0 Å². The summed E-state index contributed by atoms with van der Waals surface area (Å²) in [7, 11) is -4.08. The molecule has 1 heterocycles. The van der Waals surface area contributed by atoms with E-state index >= 15 is 0 Å². The SMILES string of the molecule is Cc1ccc(S(=O)(=O)c2nc(-c3c(F)c(F)c(C)c(F)c3F)ns2)cc1. The van der Waals surface area contributed by atoms with E-state index in [-0.39, 0.29) is 4.90 Å². The van der Waals surface area contributed by atoms with Crippen molar-refractivity contribution in [2.45, 2.75) is 23.1 Å². The van der Waals surface area contributed by atoms with E-state index in [2.05, 4.69) is 9.36 Å². The Hall–Kier alpha value is -2.33. The van der Waals surface area contributed by atoms with Crippen LogP contribution in [0.1, 0.15) is 11.1 Å². The van der Waals surface area contributed by atoms with Crippen molar-refractivity contribution in [3.05, 3.63) is 58.7 Å². The number of sulfone groups is 1. The van der Waals surface area contributed by atoms with Crippen molar-refractivity contribution in [3.63, 3.8) is 0 Å². The summed E-state index contributed by atoms with van der Waals surface area (Å²) < 4.78 is 83.6. The summed E-state index contributed by atoms with van der Waals surface area (Å²) in [4.78, 5) is 3.50. The van der Waals surface area contributed by atoms with Crippen LogP contribution in [-0.4, -0.2) is 17.8 Å². The molecule has 0 fully saturated rings. The molecule has 0 atom stereocenters. The van der Waals surface area contributed by atoms with Crippen molar-refractivity contribution in [2.75, 3.05) is 0 Å². The molecule has 0 spiro atoms. The van der Waals surface area contributed by atoms with Crippen LogP contribution in [0.3, 0.4) is 0 Å². The topological polar surface area (TPSA) is 59.9 Å². The first-order valence-corrected chi connectivity index (χ1v) is 9.38. The van der Waals surface area contributed by atoms with Crippen LogP contribution in [0, 0.1) is 37.1 Å². The quantitative estimate of drug-likeness (QED) is 0.486. The van der Waals surface area contributed by atoms with E-state index in [1.54, 1.807) is 19.1 Å². The molecule has 0 unspecified atom stereocenters. The first-order chi connectivity index (χ1) is 12.1. The fourth-order valence-corrected chi connectivity index (χ4v) is 4.30. The number of halogens is 4. The number of hydrogen-bond acceptors (Lipinski definition) is 5. The lowest BCUT2D eigenvalue weighted by atomic mass is 10.1. The average Bonchev–Trinajstić information content (AvgIpc) is 3.09. The van der Waals surface area contributed by atoms with Crippen molar-refractivity contribution in [1.29, 1.82) is 0 Å². The zero-order valence-electron chi connectivity index (χ0n) is 13.3. The molecule has 0 aliphatic heterocycles. The summed E-state index contributed by atoms with van der Waals surface area (Å²) in [5, 5.41) is 0. The van der Waals surface area contributed by atoms with Gasteiger partial charge in [-0.3, -0.25) is 0 Å².